The summed E-state index contributed by atoms with van der Waals surface area (Å²) in [5, 5.41) is 10.6. The van der Waals surface area contributed by atoms with E-state index in [9.17, 15) is 9.90 Å². The lowest BCUT2D eigenvalue weighted by Gasteiger charge is -2.14. The second-order valence-corrected chi connectivity index (χ2v) is 7.04. The summed E-state index contributed by atoms with van der Waals surface area (Å²) in [6.45, 7) is 5.26. The molecule has 7 nitrogen and oxygen atoms in total. The average molecular weight is 428 g/mol. The molecule has 0 amide bonds. The molecule has 0 saturated carbocycles. The highest BCUT2D eigenvalue weighted by atomic mass is 16.6. The van der Waals surface area contributed by atoms with Crippen LogP contribution in [0.2, 0.25) is 0 Å². The van der Waals surface area contributed by atoms with Gasteiger partial charge in [-0.2, -0.15) is 0 Å². The van der Waals surface area contributed by atoms with Crippen LogP contribution in [0.15, 0.2) is 45.6 Å². The molecular weight excluding hydrogens is 400 g/mol. The molecule has 0 spiro atoms. The quantitative estimate of drug-likeness (QED) is 0.394. The van der Waals surface area contributed by atoms with Crippen LogP contribution in [-0.4, -0.2) is 25.4 Å². The number of phenolic OH excluding ortho intramolecular Hbond substituents is 1. The summed E-state index contributed by atoms with van der Waals surface area (Å²) in [7, 11) is 1.41. The van der Waals surface area contributed by atoms with Crippen LogP contribution in [0.3, 0.4) is 0 Å². The largest absolute Gasteiger partial charge is 0.504 e. The van der Waals surface area contributed by atoms with Crippen LogP contribution in [0.5, 0.6) is 34.7 Å². The number of methoxy groups -OCH3 is 1. The van der Waals surface area contributed by atoms with Gasteiger partial charge >= 0.3 is 0 Å². The minimum atomic E-state index is -0.452. The summed E-state index contributed by atoms with van der Waals surface area (Å²) in [6, 6.07) is 9.76. The number of benzene rings is 2. The van der Waals surface area contributed by atoms with Gasteiger partial charge in [0.1, 0.15) is 22.5 Å². The number of aromatic hydroxyl groups is 1. The van der Waals surface area contributed by atoms with Crippen LogP contribution in [0.1, 0.15) is 39.5 Å². The van der Waals surface area contributed by atoms with E-state index in [-0.39, 0.29) is 28.4 Å². The van der Waals surface area contributed by atoms with Crippen LogP contribution in [-0.2, 0) is 0 Å². The first-order valence-corrected chi connectivity index (χ1v) is 10.5. The molecule has 0 fully saturated rings. The van der Waals surface area contributed by atoms with Gasteiger partial charge in [-0.15, -0.1) is 0 Å². The second kappa shape index (κ2) is 10.6. The standard InChI is InChI=1S/C24H28O7/c1-4-6-12-28-16-8-10-17(11-9-16)30-21-14-18(25)22-19(31-21)15-20(29-13-7-5-2)24(27-3)23(22)26/h8-11,14-15,26H,4-7,12-13H2,1-3H3. The maximum Gasteiger partial charge on any atom is 0.294 e. The first kappa shape index (κ1) is 22.3. The molecule has 0 aliphatic heterocycles. The number of rotatable bonds is 11. The van der Waals surface area contributed by atoms with Crippen molar-refractivity contribution in [3.8, 4) is 34.7 Å². The summed E-state index contributed by atoms with van der Waals surface area (Å²) in [5.41, 5.74) is -0.307. The van der Waals surface area contributed by atoms with Gasteiger partial charge in [0.05, 0.1) is 26.4 Å². The Balaban J connectivity index is 1.87. The smallest absolute Gasteiger partial charge is 0.294 e. The van der Waals surface area contributed by atoms with Crippen molar-refractivity contribution in [3.05, 3.63) is 46.6 Å². The topological polar surface area (TPSA) is 87.4 Å². The monoisotopic (exact) mass is 428 g/mol. The van der Waals surface area contributed by atoms with Gasteiger partial charge in [0.25, 0.3) is 5.95 Å². The van der Waals surface area contributed by atoms with Crippen molar-refractivity contribution < 1.29 is 28.5 Å². The molecule has 0 aliphatic rings. The zero-order chi connectivity index (χ0) is 22.2. The molecule has 7 heteroatoms. The zero-order valence-electron chi connectivity index (χ0n) is 18.1. The Labute approximate surface area is 181 Å². The molecule has 0 saturated heterocycles. The Morgan fingerprint density at radius 1 is 0.935 bits per heavy atom. The first-order chi connectivity index (χ1) is 15.1. The second-order valence-electron chi connectivity index (χ2n) is 7.04. The fraction of sp³-hybridized carbons (Fsp3) is 0.375. The van der Waals surface area contributed by atoms with Gasteiger partial charge in [0.15, 0.2) is 11.5 Å². The summed E-state index contributed by atoms with van der Waals surface area (Å²) in [5.74, 6) is 1.31. The molecule has 3 rings (SSSR count). The molecule has 0 unspecified atom stereocenters. The summed E-state index contributed by atoms with van der Waals surface area (Å²) >= 11 is 0. The highest BCUT2D eigenvalue weighted by Crippen LogP contribution is 2.42. The Morgan fingerprint density at radius 3 is 2.23 bits per heavy atom. The van der Waals surface area contributed by atoms with Gasteiger partial charge in [0.2, 0.25) is 11.2 Å². The third-order valence-electron chi connectivity index (χ3n) is 4.66. The number of ether oxygens (including phenoxy) is 4. The van der Waals surface area contributed by atoms with Gasteiger partial charge in [-0.3, -0.25) is 4.79 Å². The van der Waals surface area contributed by atoms with Crippen LogP contribution in [0.4, 0.5) is 0 Å². The molecule has 0 radical (unpaired) electrons. The third kappa shape index (κ3) is 5.42. The maximum absolute atomic E-state index is 12.6. The third-order valence-corrected chi connectivity index (χ3v) is 4.66. The van der Waals surface area contributed by atoms with E-state index in [2.05, 4.69) is 6.92 Å². The van der Waals surface area contributed by atoms with Crippen molar-refractivity contribution in [2.45, 2.75) is 39.5 Å². The van der Waals surface area contributed by atoms with Crippen LogP contribution in [0, 0.1) is 0 Å². The van der Waals surface area contributed by atoms with Gasteiger partial charge in [0, 0.05) is 6.07 Å². The normalized spacial score (nSPS) is 10.8. The first-order valence-electron chi connectivity index (χ1n) is 10.5. The van der Waals surface area contributed by atoms with Crippen LogP contribution in [0.25, 0.3) is 11.0 Å². The molecule has 2 aromatic carbocycles. The van der Waals surface area contributed by atoms with Crippen LogP contribution < -0.4 is 24.4 Å². The Morgan fingerprint density at radius 2 is 1.58 bits per heavy atom. The van der Waals surface area contributed by atoms with Crippen molar-refractivity contribution in [1.29, 1.82) is 0 Å². The highest BCUT2D eigenvalue weighted by molar-refractivity contribution is 5.88. The molecule has 1 N–H and O–H groups in total. The highest BCUT2D eigenvalue weighted by Gasteiger charge is 2.20. The number of fused-ring (bicyclic) bond motifs is 1. The van der Waals surface area contributed by atoms with Crippen molar-refractivity contribution in [1.82, 2.24) is 0 Å². The van der Waals surface area contributed by atoms with E-state index in [1.165, 1.54) is 19.2 Å². The molecular formula is C24H28O7. The Bertz CT molecular complexity index is 1050. The van der Waals surface area contributed by atoms with Crippen molar-refractivity contribution in [2.24, 2.45) is 0 Å². The molecule has 166 valence electrons. The molecule has 31 heavy (non-hydrogen) atoms. The predicted octanol–water partition coefficient (Wildman–Crippen LogP) is 5.66. The number of hydrogen-bond donors (Lipinski definition) is 1. The number of hydrogen-bond acceptors (Lipinski definition) is 7. The predicted molar refractivity (Wildman–Crippen MR) is 118 cm³/mol. The minimum absolute atomic E-state index is 0.00114. The van der Waals surface area contributed by atoms with Gasteiger partial charge in [-0.25, -0.2) is 0 Å². The van der Waals surface area contributed by atoms with Crippen molar-refractivity contribution >= 4 is 11.0 Å². The molecule has 3 aromatic rings. The summed E-state index contributed by atoms with van der Waals surface area (Å²) < 4.78 is 28.0. The van der Waals surface area contributed by atoms with Crippen LogP contribution >= 0.6 is 0 Å². The van der Waals surface area contributed by atoms with Crippen molar-refractivity contribution in [3.63, 3.8) is 0 Å². The number of unbranched alkanes of at least 4 members (excludes halogenated alkanes) is 2. The zero-order valence-corrected chi connectivity index (χ0v) is 18.1. The van der Waals surface area contributed by atoms with Gasteiger partial charge in [-0.05, 0) is 37.1 Å². The number of phenols is 1. The molecule has 0 aliphatic carbocycles. The van der Waals surface area contributed by atoms with E-state index in [0.717, 1.165) is 31.4 Å². The average Bonchev–Trinajstić information content (AvgIpc) is 2.75. The molecule has 1 aromatic heterocycles. The SMILES string of the molecule is CCCCOc1ccc(Oc2cc(=O)c3c(O)c(OC)c(OCCCC)cc3o2)cc1. The lowest BCUT2D eigenvalue weighted by molar-refractivity contribution is 0.281. The van der Waals surface area contributed by atoms with Gasteiger partial charge in [-0.1, -0.05) is 26.7 Å². The molecule has 1 heterocycles. The Hall–Kier alpha value is -3.35. The van der Waals surface area contributed by atoms with E-state index in [4.69, 9.17) is 23.4 Å². The molecule has 0 bridgehead atoms. The lowest BCUT2D eigenvalue weighted by Crippen LogP contribution is -2.04. The van der Waals surface area contributed by atoms with Gasteiger partial charge < -0.3 is 28.5 Å². The molecule has 0 atom stereocenters. The van der Waals surface area contributed by atoms with E-state index in [1.807, 2.05) is 6.92 Å². The van der Waals surface area contributed by atoms with E-state index in [1.54, 1.807) is 24.3 Å². The lowest BCUT2D eigenvalue weighted by atomic mass is 10.2. The summed E-state index contributed by atoms with van der Waals surface area (Å²) in [4.78, 5) is 12.6. The fourth-order valence-electron chi connectivity index (χ4n) is 2.98. The van der Waals surface area contributed by atoms with E-state index in [0.29, 0.717) is 24.7 Å². The summed E-state index contributed by atoms with van der Waals surface area (Å²) in [6.07, 6.45) is 3.85. The minimum Gasteiger partial charge on any atom is -0.504 e. The fourth-order valence-corrected chi connectivity index (χ4v) is 2.98. The van der Waals surface area contributed by atoms with Crippen molar-refractivity contribution in [2.75, 3.05) is 20.3 Å². The van der Waals surface area contributed by atoms with E-state index < -0.39 is 5.43 Å². The Kier molecular flexibility index (Phi) is 7.65. The van der Waals surface area contributed by atoms with E-state index >= 15 is 0 Å². The maximum atomic E-state index is 12.6.